The van der Waals surface area contributed by atoms with Gasteiger partial charge >= 0.3 is 0 Å². The minimum Gasteiger partial charge on any atom is -0.496 e. The van der Waals surface area contributed by atoms with Crippen LogP contribution >= 0.6 is 0 Å². The van der Waals surface area contributed by atoms with Gasteiger partial charge in [0.05, 0.1) is 12.9 Å². The predicted octanol–water partition coefficient (Wildman–Crippen LogP) is 2.22. The molecule has 0 amide bonds. The lowest BCUT2D eigenvalue weighted by atomic mass is 10.0. The second-order valence-corrected chi connectivity index (χ2v) is 7.19. The molecule has 5 heteroatoms. The molecule has 0 aliphatic heterocycles. The largest absolute Gasteiger partial charge is 0.496 e. The molecule has 4 nitrogen and oxygen atoms in total. The Labute approximate surface area is 115 Å². The smallest absolute Gasteiger partial charge is 0.150 e. The van der Waals surface area contributed by atoms with Gasteiger partial charge in [-0.15, -0.1) is 0 Å². The lowest BCUT2D eigenvalue weighted by Crippen LogP contribution is -2.14. The van der Waals surface area contributed by atoms with E-state index in [0.29, 0.717) is 12.8 Å². The Morgan fingerprint density at radius 3 is 2.63 bits per heavy atom. The van der Waals surface area contributed by atoms with Crippen LogP contribution in [-0.2, 0) is 9.84 Å². The summed E-state index contributed by atoms with van der Waals surface area (Å²) in [5, 5.41) is 0. The minimum absolute atomic E-state index is 0.151. The molecule has 0 bridgehead atoms. The normalized spacial score (nSPS) is 13.3. The molecule has 108 valence electrons. The summed E-state index contributed by atoms with van der Waals surface area (Å²) < 4.78 is 28.1. The van der Waals surface area contributed by atoms with Gasteiger partial charge in [-0.1, -0.05) is 19.1 Å². The molecule has 0 saturated carbocycles. The van der Waals surface area contributed by atoms with Crippen molar-refractivity contribution in [1.29, 1.82) is 0 Å². The first-order valence-corrected chi connectivity index (χ1v) is 8.32. The fraction of sp³-hybridized carbons (Fsp3) is 0.571. The number of benzene rings is 1. The molecule has 0 spiro atoms. The number of nitrogens with two attached hydrogens (primary N) is 1. The minimum atomic E-state index is -2.90. The number of hydrogen-bond acceptors (Lipinski definition) is 4. The third-order valence-electron chi connectivity index (χ3n) is 3.27. The summed E-state index contributed by atoms with van der Waals surface area (Å²) in [7, 11) is -1.27. The highest BCUT2D eigenvalue weighted by molar-refractivity contribution is 7.91. The van der Waals surface area contributed by atoms with Gasteiger partial charge in [-0.05, 0) is 37.0 Å². The molecule has 0 fully saturated rings. The SMILES string of the molecule is CCS(=O)(=O)CCCC(N)c1ccc(C)c(OC)c1. The van der Waals surface area contributed by atoms with Crippen LogP contribution in [0.4, 0.5) is 0 Å². The third-order valence-corrected chi connectivity index (χ3v) is 5.06. The maximum Gasteiger partial charge on any atom is 0.150 e. The summed E-state index contributed by atoms with van der Waals surface area (Å²) in [5.74, 6) is 1.22. The lowest BCUT2D eigenvalue weighted by molar-refractivity contribution is 0.410. The Hall–Kier alpha value is -1.07. The summed E-state index contributed by atoms with van der Waals surface area (Å²) in [6.07, 6.45) is 1.25. The maximum atomic E-state index is 11.4. The van der Waals surface area contributed by atoms with Crippen molar-refractivity contribution in [2.45, 2.75) is 32.7 Å². The topological polar surface area (TPSA) is 69.4 Å². The first-order valence-electron chi connectivity index (χ1n) is 6.50. The van der Waals surface area contributed by atoms with E-state index in [2.05, 4.69) is 0 Å². The molecule has 0 saturated heterocycles. The maximum absolute atomic E-state index is 11.4. The molecule has 0 aromatic heterocycles. The summed E-state index contributed by atoms with van der Waals surface area (Å²) in [4.78, 5) is 0. The Morgan fingerprint density at radius 1 is 1.37 bits per heavy atom. The Morgan fingerprint density at radius 2 is 2.05 bits per heavy atom. The number of hydrogen-bond donors (Lipinski definition) is 1. The van der Waals surface area contributed by atoms with Gasteiger partial charge in [0.1, 0.15) is 15.6 Å². The Balaban J connectivity index is 2.61. The van der Waals surface area contributed by atoms with E-state index < -0.39 is 9.84 Å². The van der Waals surface area contributed by atoms with Crippen molar-refractivity contribution < 1.29 is 13.2 Å². The highest BCUT2D eigenvalue weighted by atomic mass is 32.2. The zero-order chi connectivity index (χ0) is 14.5. The second-order valence-electron chi connectivity index (χ2n) is 4.71. The van der Waals surface area contributed by atoms with E-state index in [0.717, 1.165) is 16.9 Å². The fourth-order valence-corrected chi connectivity index (χ4v) is 2.80. The van der Waals surface area contributed by atoms with Crippen LogP contribution in [0.2, 0.25) is 0 Å². The Kier molecular flexibility index (Phi) is 5.82. The highest BCUT2D eigenvalue weighted by Gasteiger charge is 2.12. The van der Waals surface area contributed by atoms with Crippen LogP contribution in [0.5, 0.6) is 5.75 Å². The molecular formula is C14H23NO3S. The quantitative estimate of drug-likeness (QED) is 0.834. The van der Waals surface area contributed by atoms with Gasteiger partial charge in [0.15, 0.2) is 0 Å². The van der Waals surface area contributed by atoms with Crippen LogP contribution < -0.4 is 10.5 Å². The Bertz CT molecular complexity index is 511. The molecule has 1 rings (SSSR count). The average Bonchev–Trinajstić information content (AvgIpc) is 2.39. The summed E-state index contributed by atoms with van der Waals surface area (Å²) >= 11 is 0. The first-order chi connectivity index (χ1) is 8.89. The summed E-state index contributed by atoms with van der Waals surface area (Å²) in [5.41, 5.74) is 8.13. The molecule has 2 N–H and O–H groups in total. The lowest BCUT2D eigenvalue weighted by Gasteiger charge is -2.14. The van der Waals surface area contributed by atoms with E-state index >= 15 is 0 Å². The van der Waals surface area contributed by atoms with E-state index in [9.17, 15) is 8.42 Å². The first kappa shape index (κ1) is 16.0. The fourth-order valence-electron chi connectivity index (χ4n) is 1.90. The van der Waals surface area contributed by atoms with Crippen LogP contribution in [0.25, 0.3) is 0 Å². The van der Waals surface area contributed by atoms with E-state index in [1.165, 1.54) is 0 Å². The molecule has 0 radical (unpaired) electrons. The highest BCUT2D eigenvalue weighted by Crippen LogP contribution is 2.24. The van der Waals surface area contributed by atoms with E-state index in [1.807, 2.05) is 25.1 Å². The number of rotatable bonds is 7. The van der Waals surface area contributed by atoms with Crippen molar-refractivity contribution in [2.75, 3.05) is 18.6 Å². The van der Waals surface area contributed by atoms with Crippen LogP contribution in [0, 0.1) is 6.92 Å². The van der Waals surface area contributed by atoms with Crippen molar-refractivity contribution in [1.82, 2.24) is 0 Å². The second kappa shape index (κ2) is 6.91. The van der Waals surface area contributed by atoms with Gasteiger partial charge in [0.25, 0.3) is 0 Å². The zero-order valence-electron chi connectivity index (χ0n) is 11.8. The van der Waals surface area contributed by atoms with Crippen molar-refractivity contribution in [3.8, 4) is 5.75 Å². The summed E-state index contributed by atoms with van der Waals surface area (Å²) in [6.45, 7) is 3.64. The van der Waals surface area contributed by atoms with Crippen molar-refractivity contribution in [3.05, 3.63) is 29.3 Å². The van der Waals surface area contributed by atoms with E-state index in [4.69, 9.17) is 10.5 Å². The standard InChI is InChI=1S/C14H23NO3S/c1-4-19(16,17)9-5-6-13(15)12-8-7-11(2)14(10-12)18-3/h7-8,10,13H,4-6,9,15H2,1-3H3. The van der Waals surface area contributed by atoms with Gasteiger partial charge < -0.3 is 10.5 Å². The van der Waals surface area contributed by atoms with Crippen molar-refractivity contribution in [2.24, 2.45) is 5.73 Å². The van der Waals surface area contributed by atoms with Crippen molar-refractivity contribution in [3.63, 3.8) is 0 Å². The summed E-state index contributed by atoms with van der Waals surface area (Å²) in [6, 6.07) is 5.71. The van der Waals surface area contributed by atoms with Gasteiger partial charge in [-0.25, -0.2) is 8.42 Å². The molecule has 1 atom stereocenters. The monoisotopic (exact) mass is 285 g/mol. The molecule has 1 aromatic carbocycles. The predicted molar refractivity (Wildman–Crippen MR) is 78.2 cm³/mol. The number of sulfone groups is 1. The van der Waals surface area contributed by atoms with Gasteiger partial charge in [-0.3, -0.25) is 0 Å². The van der Waals surface area contributed by atoms with Crippen LogP contribution in [-0.4, -0.2) is 27.0 Å². The number of methoxy groups -OCH3 is 1. The van der Waals surface area contributed by atoms with Crippen LogP contribution in [0.3, 0.4) is 0 Å². The molecule has 0 aliphatic rings. The molecule has 0 aliphatic carbocycles. The van der Waals surface area contributed by atoms with Gasteiger partial charge in [0, 0.05) is 11.8 Å². The van der Waals surface area contributed by atoms with E-state index in [1.54, 1.807) is 14.0 Å². The van der Waals surface area contributed by atoms with Crippen molar-refractivity contribution >= 4 is 9.84 Å². The molecule has 0 heterocycles. The third kappa shape index (κ3) is 4.84. The molecule has 19 heavy (non-hydrogen) atoms. The van der Waals surface area contributed by atoms with Gasteiger partial charge in [-0.2, -0.15) is 0 Å². The molecular weight excluding hydrogens is 262 g/mol. The average molecular weight is 285 g/mol. The molecule has 1 aromatic rings. The number of aryl methyl sites for hydroxylation is 1. The zero-order valence-corrected chi connectivity index (χ0v) is 12.7. The molecule has 1 unspecified atom stereocenters. The van der Waals surface area contributed by atoms with Crippen LogP contribution in [0.15, 0.2) is 18.2 Å². The van der Waals surface area contributed by atoms with Gasteiger partial charge in [0.2, 0.25) is 0 Å². The van der Waals surface area contributed by atoms with Crippen LogP contribution in [0.1, 0.15) is 36.9 Å². The van der Waals surface area contributed by atoms with E-state index in [-0.39, 0.29) is 17.5 Å². The number of ether oxygens (including phenoxy) is 1.